The summed E-state index contributed by atoms with van der Waals surface area (Å²) >= 11 is 6.08. The van der Waals surface area contributed by atoms with Gasteiger partial charge in [0.2, 0.25) is 0 Å². The van der Waals surface area contributed by atoms with E-state index in [1.54, 1.807) is 19.2 Å². The largest absolute Gasteiger partial charge is 0.497 e. The summed E-state index contributed by atoms with van der Waals surface area (Å²) in [6, 6.07) is 12.0. The zero-order chi connectivity index (χ0) is 16.4. The standard InChI is InChI=1S/C17H17ClFN3O.HI/c1-23-11-7-5-10(6-8-11)21-17(20)22-15-9-12(15)16-13(18)3-2-4-14(16)19;/h2-8,12,15H,9H2,1H3,(H3,20,21,22);1H. The van der Waals surface area contributed by atoms with E-state index in [9.17, 15) is 4.39 Å². The van der Waals surface area contributed by atoms with Gasteiger partial charge in [-0.2, -0.15) is 0 Å². The second-order valence-corrected chi connectivity index (χ2v) is 5.82. The number of nitrogens with two attached hydrogens (primary N) is 1. The Bertz CT molecular complexity index is 719. The average Bonchev–Trinajstić information content (AvgIpc) is 3.26. The fourth-order valence-electron chi connectivity index (χ4n) is 2.53. The van der Waals surface area contributed by atoms with E-state index in [-0.39, 0.29) is 41.8 Å². The molecule has 2 aromatic carbocycles. The predicted octanol–water partition coefficient (Wildman–Crippen LogP) is 4.39. The number of methoxy groups -OCH3 is 1. The van der Waals surface area contributed by atoms with Crippen molar-refractivity contribution in [1.29, 1.82) is 0 Å². The summed E-state index contributed by atoms with van der Waals surface area (Å²) in [5.41, 5.74) is 7.26. The second kappa shape index (κ2) is 8.02. The van der Waals surface area contributed by atoms with Crippen LogP contribution in [-0.4, -0.2) is 19.1 Å². The molecule has 0 heterocycles. The number of halogens is 3. The summed E-state index contributed by atoms with van der Waals surface area (Å²) in [6.45, 7) is 0. The van der Waals surface area contributed by atoms with Crippen LogP contribution in [0, 0.1) is 5.82 Å². The molecule has 2 unspecified atom stereocenters. The molecule has 3 N–H and O–H groups in total. The lowest BCUT2D eigenvalue weighted by molar-refractivity contribution is 0.415. The van der Waals surface area contributed by atoms with Crippen molar-refractivity contribution in [3.05, 3.63) is 58.9 Å². The Kier molecular flexibility index (Phi) is 6.28. The summed E-state index contributed by atoms with van der Waals surface area (Å²) in [6.07, 6.45) is 0.742. The molecule has 4 nitrogen and oxygen atoms in total. The zero-order valence-corrected chi connectivity index (χ0v) is 16.1. The third-order valence-electron chi connectivity index (χ3n) is 3.79. The summed E-state index contributed by atoms with van der Waals surface area (Å²) in [5.74, 6) is 0.763. The first-order valence-corrected chi connectivity index (χ1v) is 7.64. The highest BCUT2D eigenvalue weighted by molar-refractivity contribution is 14.0. The van der Waals surface area contributed by atoms with Gasteiger partial charge in [-0.1, -0.05) is 17.7 Å². The minimum atomic E-state index is -0.290. The van der Waals surface area contributed by atoms with Crippen LogP contribution in [0.15, 0.2) is 47.5 Å². The van der Waals surface area contributed by atoms with Crippen LogP contribution in [0.5, 0.6) is 5.75 Å². The highest BCUT2D eigenvalue weighted by Gasteiger charge is 2.41. The first-order chi connectivity index (χ1) is 11.1. The van der Waals surface area contributed by atoms with Crippen molar-refractivity contribution in [2.24, 2.45) is 10.7 Å². The van der Waals surface area contributed by atoms with Crippen LogP contribution in [0.4, 0.5) is 10.1 Å². The van der Waals surface area contributed by atoms with E-state index in [1.165, 1.54) is 6.07 Å². The van der Waals surface area contributed by atoms with Gasteiger partial charge in [0.05, 0.1) is 13.2 Å². The lowest BCUT2D eigenvalue weighted by Gasteiger charge is -2.07. The Labute approximate surface area is 162 Å². The number of aliphatic imine (C=N–C) groups is 1. The smallest absolute Gasteiger partial charge is 0.193 e. The summed E-state index contributed by atoms with van der Waals surface area (Å²) in [5, 5.41) is 3.45. The van der Waals surface area contributed by atoms with E-state index in [4.69, 9.17) is 22.1 Å². The van der Waals surface area contributed by atoms with Crippen LogP contribution in [0.25, 0.3) is 0 Å². The van der Waals surface area contributed by atoms with Gasteiger partial charge in [0.1, 0.15) is 11.6 Å². The molecule has 0 radical (unpaired) electrons. The monoisotopic (exact) mass is 461 g/mol. The molecule has 0 aliphatic heterocycles. The molecule has 1 aliphatic carbocycles. The lowest BCUT2D eigenvalue weighted by Crippen LogP contribution is -2.23. The van der Waals surface area contributed by atoms with Crippen molar-refractivity contribution >= 4 is 47.2 Å². The molecule has 0 aromatic heterocycles. The molecule has 24 heavy (non-hydrogen) atoms. The van der Waals surface area contributed by atoms with Gasteiger partial charge in [0.15, 0.2) is 5.96 Å². The number of nitrogens with one attached hydrogen (secondary N) is 1. The Balaban J connectivity index is 0.00000208. The van der Waals surface area contributed by atoms with Gasteiger partial charge in [0, 0.05) is 22.2 Å². The quantitative estimate of drug-likeness (QED) is 0.403. The number of nitrogens with zero attached hydrogens (tertiary/aromatic N) is 1. The molecule has 7 heteroatoms. The molecule has 3 rings (SSSR count). The van der Waals surface area contributed by atoms with Crippen LogP contribution in [-0.2, 0) is 0 Å². The van der Waals surface area contributed by atoms with E-state index >= 15 is 0 Å². The summed E-state index contributed by atoms with van der Waals surface area (Å²) < 4.78 is 19.0. The zero-order valence-electron chi connectivity index (χ0n) is 13.0. The molecular formula is C17H18ClFIN3O. The number of rotatable bonds is 4. The van der Waals surface area contributed by atoms with Gasteiger partial charge in [-0.05, 0) is 42.8 Å². The molecule has 1 fully saturated rings. The van der Waals surface area contributed by atoms with Crippen molar-refractivity contribution in [3.63, 3.8) is 0 Å². The molecule has 2 atom stereocenters. The van der Waals surface area contributed by atoms with Crippen LogP contribution >= 0.6 is 35.6 Å². The molecule has 2 aromatic rings. The highest BCUT2D eigenvalue weighted by atomic mass is 127. The van der Waals surface area contributed by atoms with Crippen molar-refractivity contribution < 1.29 is 9.13 Å². The molecule has 1 aliphatic rings. The first kappa shape index (κ1) is 18.8. The van der Waals surface area contributed by atoms with Gasteiger partial charge < -0.3 is 15.8 Å². The van der Waals surface area contributed by atoms with Crippen LogP contribution in [0.1, 0.15) is 17.9 Å². The predicted molar refractivity (Wildman–Crippen MR) is 106 cm³/mol. The van der Waals surface area contributed by atoms with Crippen molar-refractivity contribution in [2.75, 3.05) is 12.4 Å². The van der Waals surface area contributed by atoms with Gasteiger partial charge >= 0.3 is 0 Å². The fraction of sp³-hybridized carbons (Fsp3) is 0.235. The van der Waals surface area contributed by atoms with Crippen LogP contribution in [0.2, 0.25) is 5.02 Å². The van der Waals surface area contributed by atoms with E-state index in [0.29, 0.717) is 16.5 Å². The van der Waals surface area contributed by atoms with Crippen LogP contribution < -0.4 is 15.8 Å². The van der Waals surface area contributed by atoms with E-state index in [0.717, 1.165) is 17.9 Å². The van der Waals surface area contributed by atoms with Gasteiger partial charge in [-0.3, -0.25) is 0 Å². The SMILES string of the molecule is COc1ccc(NC(N)=NC2CC2c2c(F)cccc2Cl)cc1.I. The fourth-order valence-corrected chi connectivity index (χ4v) is 2.84. The molecular weight excluding hydrogens is 444 g/mol. The first-order valence-electron chi connectivity index (χ1n) is 7.26. The van der Waals surface area contributed by atoms with Gasteiger partial charge in [-0.15, -0.1) is 24.0 Å². The van der Waals surface area contributed by atoms with Gasteiger partial charge in [0.25, 0.3) is 0 Å². The van der Waals surface area contributed by atoms with Gasteiger partial charge in [-0.25, -0.2) is 9.38 Å². The number of guanidine groups is 1. The number of hydrogen-bond acceptors (Lipinski definition) is 2. The van der Waals surface area contributed by atoms with Crippen molar-refractivity contribution in [3.8, 4) is 5.75 Å². The molecule has 0 amide bonds. The lowest BCUT2D eigenvalue weighted by atomic mass is 10.1. The maximum atomic E-state index is 13.9. The minimum absolute atomic E-state index is 0. The molecule has 128 valence electrons. The van der Waals surface area contributed by atoms with E-state index in [1.807, 2.05) is 24.3 Å². The Morgan fingerprint density at radius 2 is 2.00 bits per heavy atom. The number of hydrogen-bond donors (Lipinski definition) is 2. The average molecular weight is 462 g/mol. The highest BCUT2D eigenvalue weighted by Crippen LogP contribution is 2.47. The Hall–Kier alpha value is -1.54. The Morgan fingerprint density at radius 1 is 1.29 bits per heavy atom. The van der Waals surface area contributed by atoms with Crippen molar-refractivity contribution in [1.82, 2.24) is 0 Å². The third kappa shape index (κ3) is 4.30. The molecule has 0 bridgehead atoms. The van der Waals surface area contributed by atoms with E-state index < -0.39 is 0 Å². The third-order valence-corrected chi connectivity index (χ3v) is 4.12. The number of benzene rings is 2. The second-order valence-electron chi connectivity index (χ2n) is 5.41. The van der Waals surface area contributed by atoms with E-state index in [2.05, 4.69) is 10.3 Å². The minimum Gasteiger partial charge on any atom is -0.497 e. The Morgan fingerprint density at radius 3 is 2.62 bits per heavy atom. The maximum absolute atomic E-state index is 13.9. The molecule has 0 saturated heterocycles. The maximum Gasteiger partial charge on any atom is 0.193 e. The normalized spacial score (nSPS) is 19.4. The summed E-state index contributed by atoms with van der Waals surface area (Å²) in [7, 11) is 1.61. The van der Waals surface area contributed by atoms with Crippen LogP contribution in [0.3, 0.4) is 0 Å². The molecule has 0 spiro atoms. The topological polar surface area (TPSA) is 59.6 Å². The summed E-state index contributed by atoms with van der Waals surface area (Å²) in [4.78, 5) is 4.39. The number of anilines is 1. The molecule has 1 saturated carbocycles. The number of ether oxygens (including phenoxy) is 1. The van der Waals surface area contributed by atoms with Crippen molar-refractivity contribution in [2.45, 2.75) is 18.4 Å².